The fourth-order valence-corrected chi connectivity index (χ4v) is 1.69. The molecule has 1 nitrogen and oxygen atoms in total. The number of allylic oxidation sites excluding steroid dienone is 1. The normalized spacial score (nSPS) is 12.3. The van der Waals surface area contributed by atoms with Crippen molar-refractivity contribution in [2.24, 2.45) is 5.73 Å². The summed E-state index contributed by atoms with van der Waals surface area (Å²) in [6.45, 7) is 4.13. The summed E-state index contributed by atoms with van der Waals surface area (Å²) in [6, 6.07) is 8.43. The topological polar surface area (TPSA) is 26.0 Å². The van der Waals surface area contributed by atoms with Crippen LogP contribution in [0.2, 0.25) is 0 Å². The van der Waals surface area contributed by atoms with Crippen molar-refractivity contribution in [1.29, 1.82) is 0 Å². The van der Waals surface area contributed by atoms with Crippen molar-refractivity contribution in [2.45, 2.75) is 24.8 Å². The van der Waals surface area contributed by atoms with Gasteiger partial charge in [-0.3, -0.25) is 0 Å². The highest BCUT2D eigenvalue weighted by molar-refractivity contribution is 7.98. The van der Waals surface area contributed by atoms with Gasteiger partial charge in [-0.05, 0) is 37.8 Å². The van der Waals surface area contributed by atoms with E-state index in [9.17, 15) is 0 Å². The summed E-state index contributed by atoms with van der Waals surface area (Å²) in [5, 5.41) is 0. The van der Waals surface area contributed by atoms with Gasteiger partial charge in [-0.1, -0.05) is 23.8 Å². The summed E-state index contributed by atoms with van der Waals surface area (Å²) >= 11 is 1.75. The average molecular weight is 207 g/mol. The molecule has 0 heterocycles. The van der Waals surface area contributed by atoms with Gasteiger partial charge in [-0.25, -0.2) is 0 Å². The smallest absolute Gasteiger partial charge is 0.0483 e. The molecule has 1 atom stereocenters. The molecule has 0 fully saturated rings. The minimum Gasteiger partial charge on any atom is -0.321 e. The molecule has 0 bridgehead atoms. The van der Waals surface area contributed by atoms with E-state index in [1.165, 1.54) is 16.0 Å². The number of nitrogens with two attached hydrogens (primary N) is 1. The molecule has 0 aliphatic heterocycles. The van der Waals surface area contributed by atoms with Crippen molar-refractivity contribution in [3.63, 3.8) is 0 Å². The molecule has 0 saturated carbocycles. The monoisotopic (exact) mass is 207 g/mol. The van der Waals surface area contributed by atoms with Crippen LogP contribution in [-0.4, -0.2) is 6.26 Å². The molecule has 1 aromatic rings. The average Bonchev–Trinajstić information content (AvgIpc) is 2.17. The number of rotatable bonds is 3. The second-order valence-electron chi connectivity index (χ2n) is 3.54. The summed E-state index contributed by atoms with van der Waals surface area (Å²) in [5.74, 6) is 0. The van der Waals surface area contributed by atoms with Crippen molar-refractivity contribution < 1.29 is 0 Å². The third-order valence-electron chi connectivity index (χ3n) is 2.01. The molecule has 1 unspecified atom stereocenters. The fraction of sp³-hybridized carbons (Fsp3) is 0.333. The first kappa shape index (κ1) is 11.3. The van der Waals surface area contributed by atoms with Gasteiger partial charge in [-0.15, -0.1) is 11.8 Å². The van der Waals surface area contributed by atoms with E-state index < -0.39 is 0 Å². The molecule has 0 spiro atoms. The Bertz CT molecular complexity index is 310. The van der Waals surface area contributed by atoms with Crippen molar-refractivity contribution in [3.05, 3.63) is 41.5 Å². The van der Waals surface area contributed by atoms with Gasteiger partial charge in [0.15, 0.2) is 0 Å². The van der Waals surface area contributed by atoms with Crippen LogP contribution in [0.1, 0.15) is 25.5 Å². The zero-order valence-electron chi connectivity index (χ0n) is 8.95. The fourth-order valence-electron chi connectivity index (χ4n) is 1.28. The molecule has 0 amide bonds. The zero-order valence-corrected chi connectivity index (χ0v) is 9.77. The van der Waals surface area contributed by atoms with Crippen LogP contribution in [0.3, 0.4) is 0 Å². The maximum absolute atomic E-state index is 6.00. The molecule has 14 heavy (non-hydrogen) atoms. The van der Waals surface area contributed by atoms with Gasteiger partial charge in [0.1, 0.15) is 0 Å². The quantitative estimate of drug-likeness (QED) is 0.607. The van der Waals surface area contributed by atoms with Crippen LogP contribution in [0.4, 0.5) is 0 Å². The van der Waals surface area contributed by atoms with Crippen LogP contribution in [0.5, 0.6) is 0 Å². The van der Waals surface area contributed by atoms with Gasteiger partial charge in [0.25, 0.3) is 0 Å². The Labute approximate surface area is 90.4 Å². The Kier molecular flexibility index (Phi) is 4.23. The lowest BCUT2D eigenvalue weighted by Crippen LogP contribution is -2.07. The number of hydrogen-bond acceptors (Lipinski definition) is 2. The van der Waals surface area contributed by atoms with Crippen molar-refractivity contribution in [2.75, 3.05) is 6.26 Å². The Morgan fingerprint density at radius 1 is 1.29 bits per heavy atom. The third kappa shape index (κ3) is 3.20. The van der Waals surface area contributed by atoms with Crippen LogP contribution in [0.25, 0.3) is 0 Å². The van der Waals surface area contributed by atoms with E-state index >= 15 is 0 Å². The number of benzene rings is 1. The van der Waals surface area contributed by atoms with Crippen LogP contribution < -0.4 is 5.73 Å². The van der Waals surface area contributed by atoms with Gasteiger partial charge in [0.05, 0.1) is 0 Å². The second kappa shape index (κ2) is 5.23. The summed E-state index contributed by atoms with van der Waals surface area (Å²) < 4.78 is 0. The van der Waals surface area contributed by atoms with Gasteiger partial charge in [-0.2, -0.15) is 0 Å². The van der Waals surface area contributed by atoms with Gasteiger partial charge >= 0.3 is 0 Å². The van der Waals surface area contributed by atoms with Crippen molar-refractivity contribution in [3.8, 4) is 0 Å². The summed E-state index contributed by atoms with van der Waals surface area (Å²) in [4.78, 5) is 1.28. The molecule has 0 aliphatic rings. The minimum atomic E-state index is 0.0240. The van der Waals surface area contributed by atoms with E-state index in [-0.39, 0.29) is 6.04 Å². The lowest BCUT2D eigenvalue weighted by Gasteiger charge is -2.08. The third-order valence-corrected chi connectivity index (χ3v) is 2.76. The van der Waals surface area contributed by atoms with E-state index in [1.54, 1.807) is 11.8 Å². The molecule has 76 valence electrons. The summed E-state index contributed by atoms with van der Waals surface area (Å²) in [7, 11) is 0. The lowest BCUT2D eigenvalue weighted by molar-refractivity contribution is 0.897. The van der Waals surface area contributed by atoms with Gasteiger partial charge in [0.2, 0.25) is 0 Å². The van der Waals surface area contributed by atoms with Crippen LogP contribution in [0.15, 0.2) is 40.8 Å². The molecule has 0 aromatic heterocycles. The molecular weight excluding hydrogens is 190 g/mol. The Morgan fingerprint density at radius 3 is 2.29 bits per heavy atom. The lowest BCUT2D eigenvalue weighted by atomic mass is 10.1. The maximum Gasteiger partial charge on any atom is 0.0483 e. The van der Waals surface area contributed by atoms with Crippen molar-refractivity contribution in [1.82, 2.24) is 0 Å². The highest BCUT2D eigenvalue weighted by Crippen LogP contribution is 2.19. The molecule has 0 radical (unpaired) electrons. The summed E-state index contributed by atoms with van der Waals surface area (Å²) in [5.41, 5.74) is 8.43. The molecule has 0 saturated heterocycles. The van der Waals surface area contributed by atoms with Gasteiger partial charge < -0.3 is 5.73 Å². The molecule has 2 heteroatoms. The maximum atomic E-state index is 6.00. The van der Waals surface area contributed by atoms with E-state index in [2.05, 4.69) is 50.4 Å². The highest BCUT2D eigenvalue weighted by Gasteiger charge is 2.01. The van der Waals surface area contributed by atoms with E-state index in [0.717, 1.165) is 0 Å². The first-order valence-electron chi connectivity index (χ1n) is 4.68. The van der Waals surface area contributed by atoms with E-state index in [4.69, 9.17) is 5.73 Å². The molecule has 2 N–H and O–H groups in total. The molecule has 1 rings (SSSR count). The van der Waals surface area contributed by atoms with Crippen molar-refractivity contribution >= 4 is 11.8 Å². The first-order valence-corrected chi connectivity index (χ1v) is 5.90. The Balaban J connectivity index is 2.81. The first-order chi connectivity index (χ1) is 6.63. The Morgan fingerprint density at radius 2 is 1.86 bits per heavy atom. The molecule has 0 aliphatic carbocycles. The number of hydrogen-bond donors (Lipinski definition) is 1. The standard InChI is InChI=1S/C12H17NS/c1-9(2)8-12(13)10-4-6-11(14-3)7-5-10/h4-8,12H,13H2,1-3H3. The largest absolute Gasteiger partial charge is 0.321 e. The van der Waals surface area contributed by atoms with E-state index in [1.807, 2.05) is 0 Å². The van der Waals surface area contributed by atoms with Crippen LogP contribution in [-0.2, 0) is 0 Å². The second-order valence-corrected chi connectivity index (χ2v) is 4.42. The van der Waals surface area contributed by atoms with Crippen LogP contribution >= 0.6 is 11.8 Å². The minimum absolute atomic E-state index is 0.0240. The number of thioether (sulfide) groups is 1. The Hall–Kier alpha value is -0.730. The molecule has 1 aromatic carbocycles. The SMILES string of the molecule is CSc1ccc(C(N)C=C(C)C)cc1. The zero-order chi connectivity index (χ0) is 10.6. The van der Waals surface area contributed by atoms with Crippen LogP contribution in [0, 0.1) is 0 Å². The highest BCUT2D eigenvalue weighted by atomic mass is 32.2. The summed E-state index contributed by atoms with van der Waals surface area (Å²) in [6.07, 6.45) is 4.15. The molecular formula is C12H17NS. The predicted octanol–water partition coefficient (Wildman–Crippen LogP) is 3.37. The van der Waals surface area contributed by atoms with E-state index in [0.29, 0.717) is 0 Å². The van der Waals surface area contributed by atoms with Gasteiger partial charge in [0, 0.05) is 10.9 Å². The predicted molar refractivity (Wildman–Crippen MR) is 64.6 cm³/mol.